The van der Waals surface area contributed by atoms with E-state index in [4.69, 9.17) is 25.8 Å². The minimum Gasteiger partial charge on any atom is -0.487 e. The number of alkyl halides is 3. The lowest BCUT2D eigenvalue weighted by Gasteiger charge is -2.58. The molecule has 1 saturated carbocycles. The Bertz CT molecular complexity index is 1720. The third-order valence-corrected chi connectivity index (χ3v) is 10.8. The molecule has 1 unspecified atom stereocenters. The number of likely N-dealkylation sites (tertiary alicyclic amines) is 1. The maximum absolute atomic E-state index is 14.9. The summed E-state index contributed by atoms with van der Waals surface area (Å²) in [5.74, 6) is -2.11. The Morgan fingerprint density at radius 1 is 1.22 bits per heavy atom. The smallest absolute Gasteiger partial charge is 0.418 e. The molecule has 3 aromatic rings. The van der Waals surface area contributed by atoms with Gasteiger partial charge in [0.2, 0.25) is 5.28 Å². The normalized spacial score (nSPS) is 16.8. The van der Waals surface area contributed by atoms with Crippen LogP contribution in [0.1, 0.15) is 42.1 Å². The van der Waals surface area contributed by atoms with Crippen molar-refractivity contribution in [1.82, 2.24) is 19.4 Å². The van der Waals surface area contributed by atoms with E-state index in [1.807, 2.05) is 0 Å². The molecule has 1 spiro atoms. The molecule has 1 saturated heterocycles. The van der Waals surface area contributed by atoms with E-state index in [2.05, 4.69) is 34.9 Å². The Kier molecular flexibility index (Phi) is 10.5. The number of nitro groups is 1. The number of hydrogen-bond acceptors (Lipinski definition) is 9. The lowest BCUT2D eigenvalue weighted by atomic mass is 9.61. The molecule has 1 aromatic carbocycles. The first-order valence-corrected chi connectivity index (χ1v) is 19.9. The van der Waals surface area contributed by atoms with Crippen molar-refractivity contribution in [3.05, 3.63) is 50.7 Å². The number of anilines is 1. The Morgan fingerprint density at radius 3 is 2.53 bits per heavy atom. The van der Waals surface area contributed by atoms with E-state index in [9.17, 15) is 32.5 Å². The first kappa shape index (κ1) is 36.7. The molecular formula is C31H39ClF4N6O6Si. The van der Waals surface area contributed by atoms with Gasteiger partial charge in [0, 0.05) is 65.0 Å². The topological polar surface area (TPSA) is 134 Å². The zero-order valence-corrected chi connectivity index (χ0v) is 29.6. The fraction of sp³-hybridized carbons (Fsp3) is 0.581. The highest BCUT2D eigenvalue weighted by molar-refractivity contribution is 6.76. The average molecular weight is 731 g/mol. The molecule has 3 heterocycles. The number of benzene rings is 1. The van der Waals surface area contributed by atoms with Crippen LogP contribution in [0.25, 0.3) is 11.0 Å². The first-order chi connectivity index (χ1) is 22.9. The number of aromatic nitrogens is 3. The molecule has 49 heavy (non-hydrogen) atoms. The van der Waals surface area contributed by atoms with Gasteiger partial charge in [-0.05, 0) is 37.4 Å². The van der Waals surface area contributed by atoms with Crippen molar-refractivity contribution in [2.75, 3.05) is 38.7 Å². The SMILES string of the molecule is COC1CC2(C1)CN(C(=O)c1cc(OCCC(C)Nc3nc(Cl)nc4c3c(C(F)(F)F)cn4COCC[Si](C)(C)C)c([N+](=O)[O-])cc1F)C2. The fourth-order valence-electron chi connectivity index (χ4n) is 6.14. The molecule has 18 heteroatoms. The number of ether oxygens (including phenoxy) is 3. The van der Waals surface area contributed by atoms with Crippen LogP contribution in [0.3, 0.4) is 0 Å². The van der Waals surface area contributed by atoms with Crippen LogP contribution in [-0.2, 0) is 22.4 Å². The summed E-state index contributed by atoms with van der Waals surface area (Å²) in [5.41, 5.74) is -2.09. The number of hydrogen-bond donors (Lipinski definition) is 1. The highest BCUT2D eigenvalue weighted by Crippen LogP contribution is 2.50. The molecule has 1 amide bonds. The molecule has 268 valence electrons. The third kappa shape index (κ3) is 8.27. The van der Waals surface area contributed by atoms with Crippen molar-refractivity contribution in [3.8, 4) is 5.75 Å². The van der Waals surface area contributed by atoms with E-state index < -0.39 is 48.2 Å². The summed E-state index contributed by atoms with van der Waals surface area (Å²) in [7, 11) is 0.203. The van der Waals surface area contributed by atoms with Gasteiger partial charge >= 0.3 is 11.9 Å². The van der Waals surface area contributed by atoms with Gasteiger partial charge in [0.1, 0.15) is 24.0 Å². The van der Waals surface area contributed by atoms with E-state index in [0.717, 1.165) is 31.1 Å². The summed E-state index contributed by atoms with van der Waals surface area (Å²) in [4.78, 5) is 33.6. The van der Waals surface area contributed by atoms with Gasteiger partial charge in [-0.15, -0.1) is 0 Å². The number of amides is 1. The van der Waals surface area contributed by atoms with Crippen molar-refractivity contribution in [1.29, 1.82) is 0 Å². The Labute approximate surface area is 286 Å². The van der Waals surface area contributed by atoms with Crippen LogP contribution in [0.2, 0.25) is 31.0 Å². The van der Waals surface area contributed by atoms with E-state index in [-0.39, 0.29) is 64.7 Å². The second-order valence-corrected chi connectivity index (χ2v) is 20.0. The van der Waals surface area contributed by atoms with Gasteiger partial charge in [-0.2, -0.15) is 18.2 Å². The number of nitrogens with one attached hydrogen (secondary N) is 1. The van der Waals surface area contributed by atoms with Crippen LogP contribution in [0.5, 0.6) is 5.75 Å². The molecule has 5 rings (SSSR count). The first-order valence-electron chi connectivity index (χ1n) is 15.8. The van der Waals surface area contributed by atoms with Gasteiger partial charge in [-0.3, -0.25) is 14.9 Å². The number of nitrogens with zero attached hydrogens (tertiary/aromatic N) is 5. The molecule has 1 N–H and O–H groups in total. The lowest BCUT2D eigenvalue weighted by molar-refractivity contribution is -0.386. The number of carbonyl (C=O) groups excluding carboxylic acids is 1. The number of fused-ring (bicyclic) bond motifs is 1. The summed E-state index contributed by atoms with van der Waals surface area (Å²) in [6, 6.07) is 1.92. The number of methoxy groups -OCH3 is 1. The number of nitro benzene ring substituents is 1. The molecule has 0 bridgehead atoms. The number of rotatable bonds is 14. The molecular weight excluding hydrogens is 692 g/mol. The van der Waals surface area contributed by atoms with Crippen molar-refractivity contribution >= 4 is 48.1 Å². The Morgan fingerprint density at radius 2 is 1.92 bits per heavy atom. The predicted octanol–water partition coefficient (Wildman–Crippen LogP) is 6.98. The van der Waals surface area contributed by atoms with Crippen LogP contribution < -0.4 is 10.1 Å². The molecule has 1 aliphatic carbocycles. The van der Waals surface area contributed by atoms with Gasteiger partial charge in [0.25, 0.3) is 5.91 Å². The van der Waals surface area contributed by atoms with Crippen LogP contribution in [-0.4, -0.2) is 83.9 Å². The minimum atomic E-state index is -4.74. The molecule has 2 aliphatic rings. The van der Waals surface area contributed by atoms with E-state index in [1.165, 1.54) is 9.47 Å². The van der Waals surface area contributed by atoms with E-state index >= 15 is 0 Å². The number of carbonyl (C=O) groups is 1. The zero-order valence-electron chi connectivity index (χ0n) is 27.8. The quantitative estimate of drug-likeness (QED) is 0.0466. The molecule has 1 atom stereocenters. The van der Waals surface area contributed by atoms with Crippen molar-refractivity contribution in [3.63, 3.8) is 0 Å². The van der Waals surface area contributed by atoms with Crippen molar-refractivity contribution < 1.29 is 41.5 Å². The minimum absolute atomic E-state index is 0.0415. The summed E-state index contributed by atoms with van der Waals surface area (Å²) in [6.45, 7) is 9.06. The monoisotopic (exact) mass is 730 g/mol. The largest absolute Gasteiger partial charge is 0.487 e. The maximum Gasteiger partial charge on any atom is 0.418 e. The van der Waals surface area contributed by atoms with Crippen LogP contribution in [0.15, 0.2) is 18.3 Å². The molecule has 1 aliphatic heterocycles. The second kappa shape index (κ2) is 14.0. The second-order valence-electron chi connectivity index (χ2n) is 14.1. The number of halogens is 5. The third-order valence-electron chi connectivity index (χ3n) is 8.88. The van der Waals surface area contributed by atoms with Gasteiger partial charge in [0.15, 0.2) is 5.75 Å². The fourth-order valence-corrected chi connectivity index (χ4v) is 7.06. The molecule has 12 nitrogen and oxygen atoms in total. The van der Waals surface area contributed by atoms with Crippen LogP contribution in [0, 0.1) is 21.3 Å². The summed E-state index contributed by atoms with van der Waals surface area (Å²) in [6.07, 6.45) is -1.95. The summed E-state index contributed by atoms with van der Waals surface area (Å²) < 4.78 is 75.3. The maximum atomic E-state index is 14.9. The van der Waals surface area contributed by atoms with Crippen LogP contribution >= 0.6 is 11.6 Å². The van der Waals surface area contributed by atoms with Crippen LogP contribution in [0.4, 0.5) is 29.1 Å². The highest BCUT2D eigenvalue weighted by atomic mass is 35.5. The lowest BCUT2D eigenvalue weighted by Crippen LogP contribution is -2.65. The molecule has 0 radical (unpaired) electrons. The summed E-state index contributed by atoms with van der Waals surface area (Å²) >= 11 is 6.14. The van der Waals surface area contributed by atoms with Crippen molar-refractivity contribution in [2.24, 2.45) is 5.41 Å². The van der Waals surface area contributed by atoms with Crippen molar-refractivity contribution in [2.45, 2.75) is 76.9 Å². The highest BCUT2D eigenvalue weighted by Gasteiger charge is 2.54. The standard InChI is InChI=1S/C31H39ClF4N6O6Si/c1-18(37-26-25-21(31(34,35)36)14-40(27(25)39-29(32)38-26)17-47-8-9-49(3,4)5)6-7-48-24-10-20(22(33)11-23(24)42(44)45)28(43)41-15-30(16-41)12-19(13-30)46-2/h10-11,14,18-19H,6-9,12-13,15-17H2,1-5H3,(H,37,38,39). The average Bonchev–Trinajstić information content (AvgIpc) is 3.33. The Balaban J connectivity index is 1.28. The predicted molar refractivity (Wildman–Crippen MR) is 176 cm³/mol. The van der Waals surface area contributed by atoms with Gasteiger partial charge in [0.05, 0.1) is 40.2 Å². The molecule has 2 fully saturated rings. The van der Waals surface area contributed by atoms with Gasteiger partial charge in [-0.25, -0.2) is 9.37 Å². The van der Waals surface area contributed by atoms with E-state index in [1.54, 1.807) is 14.0 Å². The van der Waals surface area contributed by atoms with Gasteiger partial charge in [-0.1, -0.05) is 19.6 Å². The Hall–Kier alpha value is -3.54. The van der Waals surface area contributed by atoms with E-state index in [0.29, 0.717) is 25.8 Å². The molecule has 2 aromatic heterocycles. The summed E-state index contributed by atoms with van der Waals surface area (Å²) in [5, 5.41) is 14.1. The zero-order chi connectivity index (χ0) is 35.9. The van der Waals surface area contributed by atoms with Gasteiger partial charge < -0.3 is 29.0 Å².